The Bertz CT molecular complexity index is 776. The highest BCUT2D eigenvalue weighted by molar-refractivity contribution is 6.30. The number of nitrogens with zero attached hydrogens (tertiary/aromatic N) is 2. The average Bonchev–Trinajstić information content (AvgIpc) is 2.85. The van der Waals surface area contributed by atoms with Crippen molar-refractivity contribution in [1.82, 2.24) is 15.1 Å². The fourth-order valence-corrected chi connectivity index (χ4v) is 2.81. The number of rotatable bonds is 5. The van der Waals surface area contributed by atoms with Gasteiger partial charge in [0.05, 0.1) is 11.4 Å². The molecular weight excluding hydrogens is 306 g/mol. The van der Waals surface area contributed by atoms with Crippen molar-refractivity contribution in [3.63, 3.8) is 0 Å². The Hall–Kier alpha value is -2.10. The van der Waals surface area contributed by atoms with Crippen LogP contribution in [-0.2, 0) is 13.1 Å². The number of benzene rings is 2. The van der Waals surface area contributed by atoms with Gasteiger partial charge in [-0.05, 0) is 43.7 Å². The lowest BCUT2D eigenvalue weighted by Gasteiger charge is -2.07. The first-order chi connectivity index (χ1) is 11.1. The molecule has 0 aliphatic rings. The first-order valence-electron chi connectivity index (χ1n) is 7.71. The van der Waals surface area contributed by atoms with Crippen LogP contribution < -0.4 is 5.32 Å². The van der Waals surface area contributed by atoms with Gasteiger partial charge in [0.25, 0.3) is 0 Å². The highest BCUT2D eigenvalue weighted by atomic mass is 35.5. The molecule has 0 saturated heterocycles. The zero-order valence-corrected chi connectivity index (χ0v) is 14.1. The summed E-state index contributed by atoms with van der Waals surface area (Å²) < 4.78 is 2.01. The van der Waals surface area contributed by atoms with Crippen molar-refractivity contribution in [3.05, 3.63) is 82.1 Å². The lowest BCUT2D eigenvalue weighted by Crippen LogP contribution is -2.13. The van der Waals surface area contributed by atoms with Gasteiger partial charge in [-0.15, -0.1) is 0 Å². The third-order valence-electron chi connectivity index (χ3n) is 3.99. The lowest BCUT2D eigenvalue weighted by molar-refractivity contribution is 0.687. The zero-order chi connectivity index (χ0) is 16.2. The molecule has 0 atom stereocenters. The van der Waals surface area contributed by atoms with Gasteiger partial charge in [-0.1, -0.05) is 41.9 Å². The van der Waals surface area contributed by atoms with Crippen LogP contribution >= 0.6 is 11.6 Å². The summed E-state index contributed by atoms with van der Waals surface area (Å²) in [6, 6.07) is 18.2. The highest BCUT2D eigenvalue weighted by Gasteiger charge is 2.12. The van der Waals surface area contributed by atoms with Gasteiger partial charge < -0.3 is 5.32 Å². The van der Waals surface area contributed by atoms with E-state index in [1.165, 1.54) is 16.8 Å². The molecule has 0 fully saturated rings. The Labute approximate surface area is 141 Å². The van der Waals surface area contributed by atoms with Crippen molar-refractivity contribution in [2.75, 3.05) is 0 Å². The van der Waals surface area contributed by atoms with Crippen molar-refractivity contribution >= 4 is 11.6 Å². The molecule has 0 spiro atoms. The van der Waals surface area contributed by atoms with Crippen LogP contribution in [0.5, 0.6) is 0 Å². The number of aromatic nitrogens is 2. The molecule has 3 aromatic rings. The summed E-state index contributed by atoms with van der Waals surface area (Å²) in [5.41, 5.74) is 5.81. The van der Waals surface area contributed by atoms with E-state index < -0.39 is 0 Å². The van der Waals surface area contributed by atoms with Gasteiger partial charge in [0.2, 0.25) is 0 Å². The second kappa shape index (κ2) is 6.99. The Kier molecular flexibility index (Phi) is 4.79. The number of nitrogens with one attached hydrogen (secondary N) is 1. The van der Waals surface area contributed by atoms with Gasteiger partial charge in [0.1, 0.15) is 0 Å². The molecule has 118 valence electrons. The van der Waals surface area contributed by atoms with E-state index >= 15 is 0 Å². The average molecular weight is 326 g/mol. The number of para-hydroxylation sites is 1. The summed E-state index contributed by atoms with van der Waals surface area (Å²) in [4.78, 5) is 0. The van der Waals surface area contributed by atoms with Crippen molar-refractivity contribution in [2.24, 2.45) is 0 Å². The van der Waals surface area contributed by atoms with Gasteiger partial charge >= 0.3 is 0 Å². The first kappa shape index (κ1) is 15.8. The topological polar surface area (TPSA) is 29.9 Å². The smallest absolute Gasteiger partial charge is 0.0648 e. The first-order valence-corrected chi connectivity index (χ1v) is 8.08. The molecule has 0 unspecified atom stereocenters. The van der Waals surface area contributed by atoms with E-state index in [2.05, 4.69) is 36.4 Å². The number of hydrogen-bond acceptors (Lipinski definition) is 2. The van der Waals surface area contributed by atoms with Crippen molar-refractivity contribution in [3.8, 4) is 5.69 Å². The van der Waals surface area contributed by atoms with E-state index in [0.717, 1.165) is 29.5 Å². The highest BCUT2D eigenvalue weighted by Crippen LogP contribution is 2.18. The molecule has 0 bridgehead atoms. The Balaban J connectivity index is 1.71. The summed E-state index contributed by atoms with van der Waals surface area (Å²) in [5.74, 6) is 0. The summed E-state index contributed by atoms with van der Waals surface area (Å²) in [5, 5.41) is 8.93. The molecule has 0 aliphatic carbocycles. The maximum Gasteiger partial charge on any atom is 0.0648 e. The summed E-state index contributed by atoms with van der Waals surface area (Å²) in [7, 11) is 0. The minimum Gasteiger partial charge on any atom is -0.308 e. The van der Waals surface area contributed by atoms with Crippen LogP contribution in [0.1, 0.15) is 22.5 Å². The summed E-state index contributed by atoms with van der Waals surface area (Å²) in [6.07, 6.45) is 0. The van der Waals surface area contributed by atoms with Crippen LogP contribution in [-0.4, -0.2) is 9.78 Å². The second-order valence-corrected chi connectivity index (χ2v) is 6.06. The van der Waals surface area contributed by atoms with Crippen LogP contribution in [0.15, 0.2) is 54.6 Å². The maximum atomic E-state index is 5.91. The Morgan fingerprint density at radius 3 is 2.35 bits per heavy atom. The third kappa shape index (κ3) is 3.63. The molecule has 0 aliphatic heterocycles. The fourth-order valence-electron chi connectivity index (χ4n) is 2.69. The van der Waals surface area contributed by atoms with Crippen molar-refractivity contribution in [2.45, 2.75) is 26.9 Å². The van der Waals surface area contributed by atoms with Crippen LogP contribution in [0.3, 0.4) is 0 Å². The van der Waals surface area contributed by atoms with Crippen LogP contribution in [0.2, 0.25) is 5.02 Å². The molecule has 1 aromatic heterocycles. The molecule has 3 rings (SSSR count). The predicted molar refractivity (Wildman–Crippen MR) is 95.0 cm³/mol. The van der Waals surface area contributed by atoms with Crippen molar-refractivity contribution < 1.29 is 0 Å². The lowest BCUT2D eigenvalue weighted by atomic mass is 10.2. The monoisotopic (exact) mass is 325 g/mol. The molecule has 23 heavy (non-hydrogen) atoms. The molecular formula is C19H20ClN3. The summed E-state index contributed by atoms with van der Waals surface area (Å²) in [6.45, 7) is 5.79. The van der Waals surface area contributed by atoms with Crippen LogP contribution in [0, 0.1) is 13.8 Å². The number of halogens is 1. The molecule has 0 radical (unpaired) electrons. The number of hydrogen-bond donors (Lipinski definition) is 1. The van der Waals surface area contributed by atoms with E-state index in [1.807, 2.05) is 47.1 Å². The molecule has 0 saturated carbocycles. The van der Waals surface area contributed by atoms with Gasteiger partial charge in [-0.2, -0.15) is 5.10 Å². The van der Waals surface area contributed by atoms with E-state index in [1.54, 1.807) is 0 Å². The zero-order valence-electron chi connectivity index (χ0n) is 13.4. The SMILES string of the molecule is Cc1nn(-c2ccccc2)c(C)c1CNCc1ccc(Cl)cc1. The molecule has 2 aromatic carbocycles. The molecule has 4 heteroatoms. The minimum absolute atomic E-state index is 0.768. The minimum atomic E-state index is 0.768. The maximum absolute atomic E-state index is 5.91. The van der Waals surface area contributed by atoms with Gasteiger partial charge in [-0.3, -0.25) is 0 Å². The van der Waals surface area contributed by atoms with Gasteiger partial charge in [0, 0.05) is 29.4 Å². The van der Waals surface area contributed by atoms with Gasteiger partial charge in [0.15, 0.2) is 0 Å². The second-order valence-electron chi connectivity index (χ2n) is 5.63. The standard InChI is InChI=1S/C19H20ClN3/c1-14-19(13-21-12-16-8-10-17(20)11-9-16)15(2)23(22-14)18-6-4-3-5-7-18/h3-11,21H,12-13H2,1-2H3. The quantitative estimate of drug-likeness (QED) is 0.752. The van der Waals surface area contributed by atoms with E-state index in [-0.39, 0.29) is 0 Å². The van der Waals surface area contributed by atoms with Crippen LogP contribution in [0.4, 0.5) is 0 Å². The van der Waals surface area contributed by atoms with Gasteiger partial charge in [-0.25, -0.2) is 4.68 Å². The Morgan fingerprint density at radius 1 is 0.957 bits per heavy atom. The third-order valence-corrected chi connectivity index (χ3v) is 4.24. The molecule has 1 N–H and O–H groups in total. The molecule has 0 amide bonds. The van der Waals surface area contributed by atoms with E-state index in [9.17, 15) is 0 Å². The predicted octanol–water partition coefficient (Wildman–Crippen LogP) is 4.43. The molecule has 1 heterocycles. The molecule has 3 nitrogen and oxygen atoms in total. The summed E-state index contributed by atoms with van der Waals surface area (Å²) >= 11 is 5.91. The van der Waals surface area contributed by atoms with Crippen LogP contribution in [0.25, 0.3) is 5.69 Å². The van der Waals surface area contributed by atoms with Crippen molar-refractivity contribution in [1.29, 1.82) is 0 Å². The van der Waals surface area contributed by atoms with E-state index in [4.69, 9.17) is 11.6 Å². The van der Waals surface area contributed by atoms with E-state index in [0.29, 0.717) is 0 Å². The fraction of sp³-hybridized carbons (Fsp3) is 0.211. The Morgan fingerprint density at radius 2 is 1.65 bits per heavy atom. The largest absolute Gasteiger partial charge is 0.308 e. The normalized spacial score (nSPS) is 10.9. The number of aryl methyl sites for hydroxylation is 1.